The van der Waals surface area contributed by atoms with Crippen LogP contribution in [0.25, 0.3) is 22.3 Å². The molecule has 40 heavy (non-hydrogen) atoms. The molecule has 1 nitrogen and oxygen atoms in total. The van der Waals surface area contributed by atoms with Crippen LogP contribution in [0.4, 0.5) is 0 Å². The molecule has 0 bridgehead atoms. The maximum atomic E-state index is 2.43. The van der Waals surface area contributed by atoms with Crippen molar-refractivity contribution >= 4 is 22.3 Å². The second-order valence-electron chi connectivity index (χ2n) is 10.4. The molecule has 1 aliphatic heterocycles. The molecule has 0 N–H and O–H groups in total. The van der Waals surface area contributed by atoms with Crippen LogP contribution in [0.15, 0.2) is 157 Å². The minimum Gasteiger partial charge on any atom is -0.377 e. The summed E-state index contributed by atoms with van der Waals surface area (Å²) in [4.78, 5) is 2.43. The number of nitrogens with zero attached hydrogens (tertiary/aromatic N) is 1. The smallest absolute Gasteiger partial charge is 0.0172 e. The largest absolute Gasteiger partial charge is 0.377 e. The van der Waals surface area contributed by atoms with Gasteiger partial charge in [0.1, 0.15) is 0 Å². The number of likely N-dealkylation sites (tertiary alicyclic amines) is 1. The lowest BCUT2D eigenvalue weighted by atomic mass is 9.89. The van der Waals surface area contributed by atoms with Gasteiger partial charge in [0.25, 0.3) is 0 Å². The highest BCUT2D eigenvalue weighted by Crippen LogP contribution is 2.54. The molecule has 4 aromatic rings. The second-order valence-corrected chi connectivity index (χ2v) is 10.4. The fraction of sp³-hybridized carbons (Fsp3) is 0.128. The van der Waals surface area contributed by atoms with Crippen molar-refractivity contribution in [3.05, 3.63) is 180 Å². The molecule has 1 fully saturated rings. The molecule has 1 heterocycles. The highest BCUT2D eigenvalue weighted by molar-refractivity contribution is 6.34. The summed E-state index contributed by atoms with van der Waals surface area (Å²) in [6.07, 6.45) is 15.1. The van der Waals surface area contributed by atoms with Crippen LogP contribution in [0, 0.1) is 0 Å². The van der Waals surface area contributed by atoms with Gasteiger partial charge in [0, 0.05) is 13.1 Å². The Hall–Kier alpha value is -4.62. The van der Waals surface area contributed by atoms with E-state index < -0.39 is 0 Å². The van der Waals surface area contributed by atoms with E-state index in [1.165, 1.54) is 69.4 Å². The van der Waals surface area contributed by atoms with E-state index >= 15 is 0 Å². The lowest BCUT2D eigenvalue weighted by Gasteiger charge is -2.24. The average Bonchev–Trinajstić information content (AvgIpc) is 3.38. The Bertz CT molecular complexity index is 1460. The monoisotopic (exact) mass is 517 g/mol. The molecule has 196 valence electrons. The first-order chi connectivity index (χ1) is 19.9. The maximum absolute atomic E-state index is 2.43. The van der Waals surface area contributed by atoms with E-state index in [4.69, 9.17) is 0 Å². The molecule has 4 aromatic carbocycles. The van der Waals surface area contributed by atoms with Crippen LogP contribution < -0.4 is 0 Å². The summed E-state index contributed by atoms with van der Waals surface area (Å²) in [6.45, 7) is 2.32. The normalized spacial score (nSPS) is 16.0. The van der Waals surface area contributed by atoms with Gasteiger partial charge < -0.3 is 4.90 Å². The molecule has 0 saturated carbocycles. The molecular weight excluding hydrogens is 482 g/mol. The van der Waals surface area contributed by atoms with E-state index in [1.54, 1.807) is 0 Å². The standard InChI is InChI=1S/C39H35N/c1-7-19-31(20-8-1)36-35(27-15-5-16-28-40-29-17-6-18-30-40)37(32-21-9-2-10-22-32)39(34-25-13-4-14-26-34)38(36)33-23-11-3-12-24-33/h1-5,7-16,19-28H,6,17-18,29-30H2. The van der Waals surface area contributed by atoms with Gasteiger partial charge in [-0.2, -0.15) is 0 Å². The molecule has 0 aromatic heterocycles. The molecule has 0 radical (unpaired) electrons. The van der Waals surface area contributed by atoms with Gasteiger partial charge in [0.05, 0.1) is 0 Å². The van der Waals surface area contributed by atoms with E-state index in [9.17, 15) is 0 Å². The molecule has 2 aliphatic rings. The number of piperidine rings is 1. The van der Waals surface area contributed by atoms with E-state index in [0.29, 0.717) is 0 Å². The van der Waals surface area contributed by atoms with Crippen LogP contribution in [0.5, 0.6) is 0 Å². The minimum absolute atomic E-state index is 1.16. The highest BCUT2D eigenvalue weighted by Gasteiger charge is 2.32. The lowest BCUT2D eigenvalue weighted by molar-refractivity contribution is 0.309. The quantitative estimate of drug-likeness (QED) is 0.221. The molecule has 0 spiro atoms. The van der Waals surface area contributed by atoms with Gasteiger partial charge in [0.15, 0.2) is 0 Å². The van der Waals surface area contributed by atoms with Crippen molar-refractivity contribution in [2.75, 3.05) is 13.1 Å². The minimum atomic E-state index is 1.16. The van der Waals surface area contributed by atoms with Crippen molar-refractivity contribution in [1.29, 1.82) is 0 Å². The van der Waals surface area contributed by atoms with Gasteiger partial charge in [-0.3, -0.25) is 0 Å². The molecule has 0 unspecified atom stereocenters. The van der Waals surface area contributed by atoms with Crippen molar-refractivity contribution in [2.24, 2.45) is 0 Å². The fourth-order valence-electron chi connectivity index (χ4n) is 5.86. The SMILES string of the molecule is C(=CC=C1C(c2ccccc2)=C(c2ccccc2)C(c2ccccc2)=C1c1ccccc1)C=CN1CCCCC1. The molecule has 1 heteroatoms. The third-order valence-corrected chi connectivity index (χ3v) is 7.71. The summed E-state index contributed by atoms with van der Waals surface area (Å²) in [6, 6.07) is 43.4. The van der Waals surface area contributed by atoms with Gasteiger partial charge in [-0.15, -0.1) is 0 Å². The van der Waals surface area contributed by atoms with Crippen molar-refractivity contribution in [1.82, 2.24) is 4.90 Å². The zero-order chi connectivity index (χ0) is 27.0. The summed E-state index contributed by atoms with van der Waals surface area (Å²) in [5.41, 5.74) is 11.3. The molecule has 1 aliphatic carbocycles. The average molecular weight is 518 g/mol. The van der Waals surface area contributed by atoms with Crippen molar-refractivity contribution in [3.63, 3.8) is 0 Å². The Balaban J connectivity index is 1.58. The van der Waals surface area contributed by atoms with Gasteiger partial charge in [-0.1, -0.05) is 140 Å². The van der Waals surface area contributed by atoms with Gasteiger partial charge >= 0.3 is 0 Å². The number of hydrogen-bond donors (Lipinski definition) is 0. The number of hydrogen-bond acceptors (Lipinski definition) is 1. The maximum Gasteiger partial charge on any atom is 0.0172 e. The van der Waals surface area contributed by atoms with Gasteiger partial charge in [-0.25, -0.2) is 0 Å². The Morgan fingerprint density at radius 2 is 0.800 bits per heavy atom. The van der Waals surface area contributed by atoms with E-state index in [0.717, 1.165) is 13.1 Å². The summed E-state index contributed by atoms with van der Waals surface area (Å²) in [5.74, 6) is 0. The predicted octanol–water partition coefficient (Wildman–Crippen LogP) is 9.70. The van der Waals surface area contributed by atoms with Crippen LogP contribution in [-0.2, 0) is 0 Å². The molecular formula is C39H35N. The van der Waals surface area contributed by atoms with Crippen molar-refractivity contribution < 1.29 is 0 Å². The van der Waals surface area contributed by atoms with E-state index in [-0.39, 0.29) is 0 Å². The third-order valence-electron chi connectivity index (χ3n) is 7.71. The van der Waals surface area contributed by atoms with Crippen LogP contribution >= 0.6 is 0 Å². The van der Waals surface area contributed by atoms with Crippen molar-refractivity contribution in [2.45, 2.75) is 19.3 Å². The Morgan fingerprint density at radius 1 is 0.400 bits per heavy atom. The molecule has 1 saturated heterocycles. The molecule has 0 atom stereocenters. The van der Waals surface area contributed by atoms with Crippen LogP contribution in [-0.4, -0.2) is 18.0 Å². The predicted molar refractivity (Wildman–Crippen MR) is 171 cm³/mol. The van der Waals surface area contributed by atoms with Crippen LogP contribution in [0.1, 0.15) is 41.5 Å². The van der Waals surface area contributed by atoms with Crippen LogP contribution in [0.3, 0.4) is 0 Å². The summed E-state index contributed by atoms with van der Waals surface area (Å²) in [7, 11) is 0. The Morgan fingerprint density at radius 3 is 1.23 bits per heavy atom. The van der Waals surface area contributed by atoms with E-state index in [2.05, 4.69) is 157 Å². The first kappa shape index (κ1) is 25.6. The number of allylic oxidation sites excluding steroid dienone is 9. The fourth-order valence-corrected chi connectivity index (χ4v) is 5.86. The second kappa shape index (κ2) is 12.5. The lowest BCUT2D eigenvalue weighted by Crippen LogP contribution is -2.23. The van der Waals surface area contributed by atoms with Crippen molar-refractivity contribution in [3.8, 4) is 0 Å². The number of benzene rings is 4. The Kier molecular flexibility index (Phi) is 8.01. The Labute approximate surface area is 238 Å². The highest BCUT2D eigenvalue weighted by atomic mass is 15.1. The zero-order valence-corrected chi connectivity index (χ0v) is 22.9. The first-order valence-electron chi connectivity index (χ1n) is 14.4. The summed E-state index contributed by atoms with van der Waals surface area (Å²) >= 11 is 0. The molecule has 6 rings (SSSR count). The zero-order valence-electron chi connectivity index (χ0n) is 22.9. The third kappa shape index (κ3) is 5.55. The first-order valence-corrected chi connectivity index (χ1v) is 14.4. The topological polar surface area (TPSA) is 3.24 Å². The van der Waals surface area contributed by atoms with E-state index in [1.807, 2.05) is 0 Å². The summed E-state index contributed by atoms with van der Waals surface area (Å²) in [5, 5.41) is 0. The molecule has 0 amide bonds. The van der Waals surface area contributed by atoms with Crippen LogP contribution in [0.2, 0.25) is 0 Å². The van der Waals surface area contributed by atoms with Gasteiger partial charge in [-0.05, 0) is 81.7 Å². The number of rotatable bonds is 7. The van der Waals surface area contributed by atoms with Gasteiger partial charge in [0.2, 0.25) is 0 Å². The summed E-state index contributed by atoms with van der Waals surface area (Å²) < 4.78 is 0.